The van der Waals surface area contributed by atoms with Crippen molar-refractivity contribution >= 4 is 17.5 Å². The molecule has 1 aliphatic heterocycles. The Hall–Kier alpha value is -2.20. The minimum Gasteiger partial charge on any atom is -0.490 e. The first kappa shape index (κ1) is 21.6. The summed E-state index contributed by atoms with van der Waals surface area (Å²) in [6.45, 7) is 2.06. The molecule has 2 aromatic carbocycles. The molecule has 2 aromatic rings. The van der Waals surface area contributed by atoms with Crippen LogP contribution in [0.3, 0.4) is 0 Å². The number of benzene rings is 2. The van der Waals surface area contributed by atoms with Gasteiger partial charge in [0.25, 0.3) is 0 Å². The highest BCUT2D eigenvalue weighted by Gasteiger charge is 2.45. The predicted molar refractivity (Wildman–Crippen MR) is 127 cm³/mol. The van der Waals surface area contributed by atoms with Gasteiger partial charge in [0.05, 0.1) is 12.1 Å². The number of nitrogens with one attached hydrogen (secondary N) is 1. The van der Waals surface area contributed by atoms with Crippen LogP contribution in [0.25, 0.3) is 0 Å². The van der Waals surface area contributed by atoms with E-state index in [1.165, 1.54) is 19.3 Å². The van der Waals surface area contributed by atoms with Crippen molar-refractivity contribution in [1.29, 1.82) is 0 Å². The molecule has 0 radical (unpaired) electrons. The number of halogens is 1. The Morgan fingerprint density at radius 2 is 1.94 bits per heavy atom. The molecule has 3 aliphatic rings. The van der Waals surface area contributed by atoms with Gasteiger partial charge in [0.15, 0.2) is 0 Å². The molecule has 2 fully saturated rings. The van der Waals surface area contributed by atoms with Crippen LogP contribution >= 0.6 is 11.6 Å². The van der Waals surface area contributed by atoms with Crippen molar-refractivity contribution in [2.75, 3.05) is 0 Å². The van der Waals surface area contributed by atoms with E-state index in [-0.39, 0.29) is 23.7 Å². The SMILES string of the molecule is Cc1ccc(Cl)c(CCC(=O)N[C@H]2CC3(CCC3)Oc3ccccc32)c1OC1CCCC1. The van der Waals surface area contributed by atoms with Crippen LogP contribution in [0.2, 0.25) is 5.02 Å². The highest BCUT2D eigenvalue weighted by Crippen LogP contribution is 2.48. The Labute approximate surface area is 195 Å². The van der Waals surface area contributed by atoms with E-state index < -0.39 is 0 Å². The topological polar surface area (TPSA) is 47.6 Å². The lowest BCUT2D eigenvalue weighted by Gasteiger charge is -2.48. The van der Waals surface area contributed by atoms with Crippen LogP contribution in [0.4, 0.5) is 0 Å². The largest absolute Gasteiger partial charge is 0.490 e. The Kier molecular flexibility index (Phi) is 6.07. The number of amides is 1. The minimum atomic E-state index is -0.103. The van der Waals surface area contributed by atoms with E-state index in [1.54, 1.807) is 0 Å². The third-order valence-electron chi connectivity index (χ3n) is 7.39. The van der Waals surface area contributed by atoms with Gasteiger partial charge < -0.3 is 14.8 Å². The number of carbonyl (C=O) groups is 1. The van der Waals surface area contributed by atoms with Crippen LogP contribution in [-0.4, -0.2) is 17.6 Å². The molecule has 0 saturated heterocycles. The molecule has 0 aromatic heterocycles. The molecule has 1 N–H and O–H groups in total. The second-order valence-electron chi connectivity index (χ2n) is 9.70. The lowest BCUT2D eigenvalue weighted by Crippen LogP contribution is -2.49. The molecule has 1 heterocycles. The molecule has 1 atom stereocenters. The Morgan fingerprint density at radius 1 is 1.16 bits per heavy atom. The Bertz CT molecular complexity index is 994. The number of aryl methyl sites for hydroxylation is 1. The van der Waals surface area contributed by atoms with E-state index >= 15 is 0 Å². The van der Waals surface area contributed by atoms with Crippen LogP contribution < -0.4 is 14.8 Å². The van der Waals surface area contributed by atoms with E-state index in [1.807, 2.05) is 30.3 Å². The minimum absolute atomic E-state index is 0.00468. The number of rotatable bonds is 6. The monoisotopic (exact) mass is 453 g/mol. The fraction of sp³-hybridized carbons (Fsp3) is 0.519. The van der Waals surface area contributed by atoms with E-state index in [9.17, 15) is 4.79 Å². The van der Waals surface area contributed by atoms with E-state index in [0.29, 0.717) is 17.9 Å². The average molecular weight is 454 g/mol. The van der Waals surface area contributed by atoms with Gasteiger partial charge >= 0.3 is 0 Å². The van der Waals surface area contributed by atoms with Crippen molar-refractivity contribution in [3.05, 3.63) is 58.1 Å². The fourth-order valence-electron chi connectivity index (χ4n) is 5.42. The highest BCUT2D eigenvalue weighted by atomic mass is 35.5. The second-order valence-corrected chi connectivity index (χ2v) is 10.1. The third-order valence-corrected chi connectivity index (χ3v) is 7.74. The first-order valence-electron chi connectivity index (χ1n) is 12.0. The quantitative estimate of drug-likeness (QED) is 0.545. The summed E-state index contributed by atoms with van der Waals surface area (Å²) in [4.78, 5) is 13.0. The normalized spacial score (nSPS) is 21.5. The number of carbonyl (C=O) groups excluding carboxylic acids is 1. The summed E-state index contributed by atoms with van der Waals surface area (Å²) in [5, 5.41) is 3.97. The maximum Gasteiger partial charge on any atom is 0.220 e. The zero-order valence-corrected chi connectivity index (χ0v) is 19.5. The zero-order chi connectivity index (χ0) is 22.1. The standard InChI is InChI=1S/C27H32ClNO3/c1-18-11-13-22(28)20(26(18)31-19-7-2-3-8-19)12-14-25(30)29-23-17-27(15-6-16-27)32-24-10-5-4-9-21(23)24/h4-5,9-11,13,19,23H,2-3,6-8,12,14-17H2,1H3,(H,29,30)/t23-/m0/s1. The Balaban J connectivity index is 1.28. The molecule has 0 bridgehead atoms. The van der Waals surface area contributed by atoms with Gasteiger partial charge in [-0.1, -0.05) is 35.9 Å². The second kappa shape index (κ2) is 8.97. The van der Waals surface area contributed by atoms with Crippen LogP contribution in [0.5, 0.6) is 11.5 Å². The van der Waals surface area contributed by atoms with Gasteiger partial charge in [-0.2, -0.15) is 0 Å². The van der Waals surface area contributed by atoms with Crippen LogP contribution in [-0.2, 0) is 11.2 Å². The van der Waals surface area contributed by atoms with Crippen molar-refractivity contribution in [2.24, 2.45) is 0 Å². The maximum absolute atomic E-state index is 13.0. The van der Waals surface area contributed by atoms with Gasteiger partial charge in [0.2, 0.25) is 5.91 Å². The summed E-state index contributed by atoms with van der Waals surface area (Å²) in [6, 6.07) is 12.0. The summed E-state index contributed by atoms with van der Waals surface area (Å²) in [6.07, 6.45) is 10.0. The number of ether oxygens (including phenoxy) is 2. The molecule has 5 rings (SSSR count). The molecular formula is C27H32ClNO3. The van der Waals surface area contributed by atoms with Crippen LogP contribution in [0.15, 0.2) is 36.4 Å². The van der Waals surface area contributed by atoms with Gasteiger partial charge in [-0.3, -0.25) is 4.79 Å². The number of fused-ring (bicyclic) bond motifs is 1. The van der Waals surface area contributed by atoms with Gasteiger partial charge in [-0.05, 0) is 76.0 Å². The lowest BCUT2D eigenvalue weighted by atomic mass is 9.73. The van der Waals surface area contributed by atoms with Gasteiger partial charge in [-0.15, -0.1) is 0 Å². The number of para-hydroxylation sites is 1. The number of hydrogen-bond donors (Lipinski definition) is 1. The molecule has 4 nitrogen and oxygen atoms in total. The first-order chi connectivity index (χ1) is 15.5. The molecule has 2 aliphatic carbocycles. The number of hydrogen-bond acceptors (Lipinski definition) is 3. The zero-order valence-electron chi connectivity index (χ0n) is 18.8. The molecule has 1 amide bonds. The summed E-state index contributed by atoms with van der Waals surface area (Å²) in [7, 11) is 0. The van der Waals surface area contributed by atoms with Gasteiger partial charge in [0.1, 0.15) is 17.1 Å². The molecule has 170 valence electrons. The van der Waals surface area contributed by atoms with Gasteiger partial charge in [0, 0.05) is 29.0 Å². The highest BCUT2D eigenvalue weighted by molar-refractivity contribution is 6.31. The first-order valence-corrected chi connectivity index (χ1v) is 12.4. The van der Waals surface area contributed by atoms with Crippen molar-refractivity contribution in [1.82, 2.24) is 5.32 Å². The molecule has 5 heteroatoms. The summed E-state index contributed by atoms with van der Waals surface area (Å²) in [5.41, 5.74) is 3.02. The van der Waals surface area contributed by atoms with Crippen molar-refractivity contribution in [3.63, 3.8) is 0 Å². The molecular weight excluding hydrogens is 422 g/mol. The Morgan fingerprint density at radius 3 is 2.69 bits per heavy atom. The lowest BCUT2D eigenvalue weighted by molar-refractivity contribution is -0.123. The van der Waals surface area contributed by atoms with Crippen LogP contribution in [0, 0.1) is 6.92 Å². The van der Waals surface area contributed by atoms with Gasteiger partial charge in [-0.25, -0.2) is 0 Å². The van der Waals surface area contributed by atoms with Crippen LogP contribution in [0.1, 0.15) is 80.5 Å². The third kappa shape index (κ3) is 4.34. The molecule has 32 heavy (non-hydrogen) atoms. The molecule has 0 unspecified atom stereocenters. The molecule has 1 spiro atoms. The predicted octanol–water partition coefficient (Wildman–Crippen LogP) is 6.47. The van der Waals surface area contributed by atoms with E-state index in [0.717, 1.165) is 60.3 Å². The summed E-state index contributed by atoms with van der Waals surface area (Å²) < 4.78 is 12.7. The molecule has 2 saturated carbocycles. The van der Waals surface area contributed by atoms with Crippen molar-refractivity contribution in [3.8, 4) is 11.5 Å². The average Bonchev–Trinajstić information content (AvgIpc) is 3.28. The van der Waals surface area contributed by atoms with E-state index in [4.69, 9.17) is 21.1 Å². The maximum atomic E-state index is 13.0. The summed E-state index contributed by atoms with van der Waals surface area (Å²) in [5.74, 6) is 1.84. The smallest absolute Gasteiger partial charge is 0.220 e. The van der Waals surface area contributed by atoms with Crippen molar-refractivity contribution in [2.45, 2.75) is 88.9 Å². The summed E-state index contributed by atoms with van der Waals surface area (Å²) >= 11 is 6.56. The van der Waals surface area contributed by atoms with Crippen molar-refractivity contribution < 1.29 is 14.3 Å². The fourth-order valence-corrected chi connectivity index (χ4v) is 5.66. The van der Waals surface area contributed by atoms with E-state index in [2.05, 4.69) is 18.3 Å².